The quantitative estimate of drug-likeness (QED) is 0.536. The summed E-state index contributed by atoms with van der Waals surface area (Å²) < 4.78 is 33.9. The van der Waals surface area contributed by atoms with Gasteiger partial charge in [0.15, 0.2) is 6.29 Å². The van der Waals surface area contributed by atoms with E-state index in [1.165, 1.54) is 0 Å². The maximum atomic E-state index is 13.0. The first-order chi connectivity index (χ1) is 7.71. The lowest BCUT2D eigenvalue weighted by Gasteiger charge is -2.08. The van der Waals surface area contributed by atoms with E-state index >= 15 is 0 Å². The minimum Gasteiger partial charge on any atom is -0.476 e. The Kier molecular flexibility index (Phi) is 4.52. The number of hydrogen-bond donors (Lipinski definition) is 0. The molecule has 1 aromatic heterocycles. The van der Waals surface area contributed by atoms with Crippen molar-refractivity contribution in [2.75, 3.05) is 6.61 Å². The van der Waals surface area contributed by atoms with Crippen LogP contribution in [-0.4, -0.2) is 29.2 Å². The molecular weight excluding hydrogens is 226 g/mol. The van der Waals surface area contributed by atoms with Gasteiger partial charge in [-0.25, -0.2) is 4.98 Å². The lowest BCUT2D eigenvalue weighted by Crippen LogP contribution is -2.20. The van der Waals surface area contributed by atoms with Gasteiger partial charge in [-0.05, 0) is 11.4 Å². The van der Waals surface area contributed by atoms with E-state index in [0.717, 1.165) is 6.20 Å². The van der Waals surface area contributed by atoms with Gasteiger partial charge < -0.3 is 9.47 Å². The highest BCUT2D eigenvalue weighted by Crippen LogP contribution is 2.16. The molecule has 16 heavy (non-hydrogen) atoms. The van der Waals surface area contributed by atoms with Crippen molar-refractivity contribution in [1.82, 2.24) is 9.97 Å². The van der Waals surface area contributed by atoms with Crippen LogP contribution < -0.4 is 9.47 Å². The molecule has 1 atom stereocenters. The van der Waals surface area contributed by atoms with E-state index in [4.69, 9.17) is 4.74 Å². The molecule has 0 radical (unpaired) electrons. The second-order valence-electron chi connectivity index (χ2n) is 2.45. The molecule has 88 valence electrons. The van der Waals surface area contributed by atoms with Crippen molar-refractivity contribution >= 4 is 6.29 Å². The van der Waals surface area contributed by atoms with E-state index in [-0.39, 0.29) is 18.8 Å². The van der Waals surface area contributed by atoms with E-state index in [1.54, 1.807) is 6.92 Å². The van der Waals surface area contributed by atoms with Gasteiger partial charge in [-0.15, -0.1) is 4.94 Å². The van der Waals surface area contributed by atoms with Gasteiger partial charge in [0.1, 0.15) is 0 Å². The van der Waals surface area contributed by atoms with Crippen LogP contribution in [0.3, 0.4) is 0 Å². The molecule has 1 unspecified atom stereocenters. The van der Waals surface area contributed by atoms with Crippen LogP contribution in [-0.2, 0) is 9.74 Å². The maximum Gasteiger partial charge on any atom is 0.322 e. The molecule has 1 rings (SSSR count). The SMILES string of the molecule is CCOc1nc(OC(C=O)OF)ncc1F. The van der Waals surface area contributed by atoms with Crippen LogP contribution >= 0.6 is 0 Å². The summed E-state index contributed by atoms with van der Waals surface area (Å²) in [6.45, 7) is 1.81. The van der Waals surface area contributed by atoms with Crippen LogP contribution in [0.15, 0.2) is 6.20 Å². The van der Waals surface area contributed by atoms with Crippen molar-refractivity contribution in [3.8, 4) is 11.9 Å². The van der Waals surface area contributed by atoms with Crippen LogP contribution in [0.1, 0.15) is 6.92 Å². The van der Waals surface area contributed by atoms with Crippen molar-refractivity contribution in [2.45, 2.75) is 13.2 Å². The molecule has 0 aliphatic carbocycles. The summed E-state index contributed by atoms with van der Waals surface area (Å²) in [6.07, 6.45) is -0.972. The molecule has 1 aromatic rings. The Balaban J connectivity index is 2.81. The first kappa shape index (κ1) is 12.2. The first-order valence-electron chi connectivity index (χ1n) is 4.26. The zero-order valence-corrected chi connectivity index (χ0v) is 8.22. The van der Waals surface area contributed by atoms with Gasteiger partial charge in [0.05, 0.1) is 12.8 Å². The zero-order valence-electron chi connectivity index (χ0n) is 8.22. The number of carbonyl (C=O) groups is 1. The van der Waals surface area contributed by atoms with Crippen LogP contribution in [0.2, 0.25) is 0 Å². The lowest BCUT2D eigenvalue weighted by molar-refractivity contribution is -0.232. The number of nitrogens with zero attached hydrogens (tertiary/aromatic N) is 2. The summed E-state index contributed by atoms with van der Waals surface area (Å²) in [6, 6.07) is -0.431. The normalized spacial score (nSPS) is 11.9. The Morgan fingerprint density at radius 3 is 2.94 bits per heavy atom. The minimum absolute atomic E-state index is 0.0487. The van der Waals surface area contributed by atoms with Crippen molar-refractivity contribution < 1.29 is 28.1 Å². The third-order valence-corrected chi connectivity index (χ3v) is 1.39. The molecular formula is C8H8F2N2O4. The van der Waals surface area contributed by atoms with E-state index in [0.29, 0.717) is 0 Å². The molecule has 0 amide bonds. The number of hydrogen-bond acceptors (Lipinski definition) is 6. The van der Waals surface area contributed by atoms with Crippen molar-refractivity contribution in [3.05, 3.63) is 12.0 Å². The lowest BCUT2D eigenvalue weighted by atomic mass is 10.6. The number of rotatable bonds is 6. The summed E-state index contributed by atoms with van der Waals surface area (Å²) in [7, 11) is 0. The fourth-order valence-electron chi connectivity index (χ4n) is 0.802. The standard InChI is InChI=1S/C8H8F2N2O4/c1-2-14-7-5(9)3-11-8(12-7)15-6(4-13)16-10/h3-4,6H,2H2,1H3. The number of aromatic nitrogens is 2. The summed E-state index contributed by atoms with van der Waals surface area (Å²) >= 11 is 0. The zero-order chi connectivity index (χ0) is 12.0. The van der Waals surface area contributed by atoms with Crippen LogP contribution in [0.25, 0.3) is 0 Å². The highest BCUT2D eigenvalue weighted by molar-refractivity contribution is 5.54. The predicted molar refractivity (Wildman–Crippen MR) is 45.8 cm³/mol. The molecule has 0 bridgehead atoms. The van der Waals surface area contributed by atoms with Crippen LogP contribution in [0.4, 0.5) is 8.92 Å². The number of carbonyl (C=O) groups excluding carboxylic acids is 1. The highest BCUT2D eigenvalue weighted by Gasteiger charge is 2.14. The van der Waals surface area contributed by atoms with E-state index < -0.39 is 18.1 Å². The average Bonchev–Trinajstić information content (AvgIpc) is 2.30. The molecule has 6 nitrogen and oxygen atoms in total. The summed E-state index contributed by atoms with van der Waals surface area (Å²) in [5.41, 5.74) is 0. The molecule has 1 heterocycles. The molecule has 0 aromatic carbocycles. The number of ether oxygens (including phenoxy) is 2. The van der Waals surface area contributed by atoms with Gasteiger partial charge in [0, 0.05) is 0 Å². The van der Waals surface area contributed by atoms with Crippen molar-refractivity contribution in [1.29, 1.82) is 0 Å². The minimum atomic E-state index is -1.79. The molecule has 0 N–H and O–H groups in total. The van der Waals surface area contributed by atoms with Gasteiger partial charge in [-0.3, -0.25) is 4.79 Å². The Morgan fingerprint density at radius 2 is 2.38 bits per heavy atom. The van der Waals surface area contributed by atoms with Crippen LogP contribution in [0, 0.1) is 5.82 Å². The van der Waals surface area contributed by atoms with E-state index in [9.17, 15) is 13.7 Å². The third-order valence-electron chi connectivity index (χ3n) is 1.39. The van der Waals surface area contributed by atoms with Gasteiger partial charge in [-0.2, -0.15) is 9.37 Å². The summed E-state index contributed by atoms with van der Waals surface area (Å²) in [4.78, 5) is 20.1. The molecule has 0 fully saturated rings. The largest absolute Gasteiger partial charge is 0.476 e. The van der Waals surface area contributed by atoms with Crippen molar-refractivity contribution in [3.63, 3.8) is 0 Å². The molecule has 0 saturated carbocycles. The molecule has 0 aliphatic rings. The molecule has 0 saturated heterocycles. The van der Waals surface area contributed by atoms with Gasteiger partial charge in [0.25, 0.3) is 12.2 Å². The number of halogens is 2. The highest BCUT2D eigenvalue weighted by atomic mass is 19.3. The fourth-order valence-corrected chi connectivity index (χ4v) is 0.802. The number of aldehydes is 1. The molecule has 0 aliphatic heterocycles. The Labute approximate surface area is 89.1 Å². The molecule has 8 heteroatoms. The predicted octanol–water partition coefficient (Wildman–Crippen LogP) is 0.819. The second-order valence-corrected chi connectivity index (χ2v) is 2.45. The second kappa shape index (κ2) is 5.91. The van der Waals surface area contributed by atoms with Crippen molar-refractivity contribution in [2.24, 2.45) is 0 Å². The van der Waals surface area contributed by atoms with Gasteiger partial charge >= 0.3 is 6.01 Å². The first-order valence-corrected chi connectivity index (χ1v) is 4.26. The smallest absolute Gasteiger partial charge is 0.322 e. The van der Waals surface area contributed by atoms with Gasteiger partial charge in [-0.1, -0.05) is 0 Å². The molecule has 0 spiro atoms. The van der Waals surface area contributed by atoms with Gasteiger partial charge in [0.2, 0.25) is 5.82 Å². The topological polar surface area (TPSA) is 70.5 Å². The maximum absolute atomic E-state index is 13.0. The van der Waals surface area contributed by atoms with E-state index in [2.05, 4.69) is 19.6 Å². The fraction of sp³-hybridized carbons (Fsp3) is 0.375. The summed E-state index contributed by atoms with van der Waals surface area (Å²) in [5, 5.41) is 0. The average molecular weight is 234 g/mol. The third kappa shape index (κ3) is 3.09. The Morgan fingerprint density at radius 1 is 1.62 bits per heavy atom. The monoisotopic (exact) mass is 234 g/mol. The van der Waals surface area contributed by atoms with E-state index in [1.807, 2.05) is 0 Å². The Bertz CT molecular complexity index is 364. The summed E-state index contributed by atoms with van der Waals surface area (Å²) in [5.74, 6) is -1.14. The van der Waals surface area contributed by atoms with Crippen LogP contribution in [0.5, 0.6) is 11.9 Å². The Hall–Kier alpha value is -1.83.